The Labute approximate surface area is 204 Å². The molecule has 0 unspecified atom stereocenters. The van der Waals surface area contributed by atoms with Crippen molar-refractivity contribution in [3.63, 3.8) is 0 Å². The number of aryl methyl sites for hydroxylation is 1. The summed E-state index contributed by atoms with van der Waals surface area (Å²) in [7, 11) is 0. The molecule has 0 saturated carbocycles. The summed E-state index contributed by atoms with van der Waals surface area (Å²) in [5, 5.41) is 11.4. The number of carbonyl (C=O) groups excluding carboxylic acids is 2. The Morgan fingerprint density at radius 3 is 2.41 bits per heavy atom. The lowest BCUT2D eigenvalue weighted by molar-refractivity contribution is -0.140. The van der Waals surface area contributed by atoms with Crippen molar-refractivity contribution in [2.24, 2.45) is 0 Å². The molecule has 3 aromatic rings. The van der Waals surface area contributed by atoms with E-state index in [1.165, 1.54) is 0 Å². The lowest BCUT2D eigenvalue weighted by atomic mass is 10.2. The van der Waals surface area contributed by atoms with Gasteiger partial charge in [0.1, 0.15) is 24.6 Å². The molecule has 0 aliphatic carbocycles. The zero-order valence-corrected chi connectivity index (χ0v) is 20.1. The number of aliphatic carboxylic acids is 1. The van der Waals surface area contributed by atoms with E-state index in [2.05, 4.69) is 21.2 Å². The fourth-order valence-electron chi connectivity index (χ4n) is 3.78. The molecule has 174 valence electrons. The molecule has 3 amide bonds. The summed E-state index contributed by atoms with van der Waals surface area (Å²) in [6.45, 7) is 3.63. The van der Waals surface area contributed by atoms with Crippen LogP contribution in [-0.4, -0.2) is 39.0 Å². The molecule has 2 heterocycles. The molecule has 8 nitrogen and oxygen atoms in total. The van der Waals surface area contributed by atoms with Gasteiger partial charge in [-0.05, 0) is 73.5 Å². The fraction of sp³-hybridized carbons (Fsp3) is 0.160. The summed E-state index contributed by atoms with van der Waals surface area (Å²) < 4.78 is 8.93. The first-order chi connectivity index (χ1) is 16.2. The van der Waals surface area contributed by atoms with Gasteiger partial charge in [-0.1, -0.05) is 28.1 Å². The third-order valence-corrected chi connectivity index (χ3v) is 5.97. The number of carboxylic acid groups (broad SMARTS) is 1. The van der Waals surface area contributed by atoms with Crippen LogP contribution in [0.4, 0.5) is 4.79 Å². The number of benzene rings is 2. The highest BCUT2D eigenvalue weighted by Gasteiger charge is 2.35. The number of urea groups is 1. The fourth-order valence-corrected chi connectivity index (χ4v) is 4.04. The van der Waals surface area contributed by atoms with E-state index < -0.39 is 24.5 Å². The normalized spacial score (nSPS) is 14.6. The molecule has 34 heavy (non-hydrogen) atoms. The third-order valence-electron chi connectivity index (χ3n) is 5.44. The van der Waals surface area contributed by atoms with E-state index in [-0.39, 0.29) is 5.70 Å². The lowest BCUT2D eigenvalue weighted by Gasteiger charge is -2.12. The summed E-state index contributed by atoms with van der Waals surface area (Å²) in [5.41, 5.74) is 4.58. The first-order valence-electron chi connectivity index (χ1n) is 10.5. The van der Waals surface area contributed by atoms with Crippen molar-refractivity contribution in [1.29, 1.82) is 0 Å². The Morgan fingerprint density at radius 1 is 1.09 bits per heavy atom. The topological polar surface area (TPSA) is 101 Å². The predicted octanol–water partition coefficient (Wildman–Crippen LogP) is 4.41. The number of hydrogen-bond donors (Lipinski definition) is 2. The molecule has 1 fully saturated rings. The van der Waals surface area contributed by atoms with Crippen LogP contribution in [0.15, 0.2) is 64.8 Å². The molecule has 0 radical (unpaired) electrons. The number of rotatable bonds is 7. The van der Waals surface area contributed by atoms with Crippen LogP contribution in [0.1, 0.15) is 22.5 Å². The van der Waals surface area contributed by atoms with Crippen LogP contribution in [0.2, 0.25) is 0 Å². The van der Waals surface area contributed by atoms with Crippen LogP contribution >= 0.6 is 15.9 Å². The molecule has 1 saturated heterocycles. The quantitative estimate of drug-likeness (QED) is 0.352. The highest BCUT2D eigenvalue weighted by molar-refractivity contribution is 9.10. The Hall–Kier alpha value is -3.85. The van der Waals surface area contributed by atoms with E-state index in [0.717, 1.165) is 38.4 Å². The lowest BCUT2D eigenvalue weighted by Crippen LogP contribution is -2.35. The van der Waals surface area contributed by atoms with Crippen molar-refractivity contribution < 1.29 is 24.2 Å². The summed E-state index contributed by atoms with van der Waals surface area (Å²) in [5.74, 6) is -1.18. The minimum atomic E-state index is -1.26. The smallest absolute Gasteiger partial charge is 0.329 e. The minimum Gasteiger partial charge on any atom is -0.489 e. The molecule has 9 heteroatoms. The standard InChI is InChI=1S/C25H22BrN3O5/c1-15-11-18(12-22-24(32)28(13-23(30)31)25(33)27-22)16(2)29(15)20-7-9-21(10-8-20)34-14-17-3-5-19(26)6-4-17/h3-12H,13-14H2,1-2H3,(H,27,33)(H,30,31)/b22-12+. The van der Waals surface area contributed by atoms with E-state index in [1.54, 1.807) is 6.08 Å². The van der Waals surface area contributed by atoms with Crippen molar-refractivity contribution in [1.82, 2.24) is 14.8 Å². The second-order valence-electron chi connectivity index (χ2n) is 7.84. The number of nitrogens with zero attached hydrogens (tertiary/aromatic N) is 2. The number of imide groups is 1. The van der Waals surface area contributed by atoms with Crippen molar-refractivity contribution in [2.75, 3.05) is 6.54 Å². The SMILES string of the molecule is Cc1cc(/C=C2/NC(=O)N(CC(=O)O)C2=O)c(C)n1-c1ccc(OCc2ccc(Br)cc2)cc1. The van der Waals surface area contributed by atoms with Crippen LogP contribution < -0.4 is 10.1 Å². The van der Waals surface area contributed by atoms with Gasteiger partial charge in [-0.3, -0.25) is 9.59 Å². The second-order valence-corrected chi connectivity index (χ2v) is 8.76. The summed E-state index contributed by atoms with van der Waals surface area (Å²) >= 11 is 3.42. The van der Waals surface area contributed by atoms with Gasteiger partial charge in [0.2, 0.25) is 0 Å². The summed E-state index contributed by atoms with van der Waals surface area (Å²) in [6, 6.07) is 16.8. The first-order valence-corrected chi connectivity index (χ1v) is 11.2. The highest BCUT2D eigenvalue weighted by Crippen LogP contribution is 2.25. The first kappa shape index (κ1) is 23.3. The number of aromatic nitrogens is 1. The Balaban J connectivity index is 1.51. The van der Waals surface area contributed by atoms with E-state index in [4.69, 9.17) is 9.84 Å². The number of ether oxygens (including phenoxy) is 1. The number of nitrogens with one attached hydrogen (secondary N) is 1. The number of amides is 3. The number of halogens is 1. The number of hydrogen-bond acceptors (Lipinski definition) is 4. The van der Waals surface area contributed by atoms with Crippen LogP contribution in [0.5, 0.6) is 5.75 Å². The van der Waals surface area contributed by atoms with E-state index in [0.29, 0.717) is 11.5 Å². The minimum absolute atomic E-state index is 0.0446. The van der Waals surface area contributed by atoms with Crippen molar-refractivity contribution in [2.45, 2.75) is 20.5 Å². The van der Waals surface area contributed by atoms with Crippen LogP contribution in [0.3, 0.4) is 0 Å². The maximum absolute atomic E-state index is 12.4. The van der Waals surface area contributed by atoms with Gasteiger partial charge in [0, 0.05) is 21.5 Å². The van der Waals surface area contributed by atoms with Crippen LogP contribution in [0, 0.1) is 13.8 Å². The van der Waals surface area contributed by atoms with Crippen LogP contribution in [0.25, 0.3) is 11.8 Å². The summed E-state index contributed by atoms with van der Waals surface area (Å²) in [4.78, 5) is 36.0. The van der Waals surface area contributed by atoms with Crippen molar-refractivity contribution in [3.8, 4) is 11.4 Å². The zero-order valence-electron chi connectivity index (χ0n) is 18.5. The largest absolute Gasteiger partial charge is 0.489 e. The van der Waals surface area contributed by atoms with Crippen LogP contribution in [-0.2, 0) is 16.2 Å². The average Bonchev–Trinajstić information content (AvgIpc) is 3.22. The molecular formula is C25H22BrN3O5. The maximum atomic E-state index is 12.4. The van der Waals surface area contributed by atoms with Gasteiger partial charge >= 0.3 is 12.0 Å². The van der Waals surface area contributed by atoms with E-state index in [9.17, 15) is 14.4 Å². The van der Waals surface area contributed by atoms with Gasteiger partial charge in [0.05, 0.1) is 0 Å². The van der Waals surface area contributed by atoms with Crippen molar-refractivity contribution in [3.05, 3.63) is 87.3 Å². The van der Waals surface area contributed by atoms with E-state index in [1.807, 2.05) is 73.0 Å². The molecule has 0 atom stereocenters. The highest BCUT2D eigenvalue weighted by atomic mass is 79.9. The van der Waals surface area contributed by atoms with Gasteiger partial charge in [0.15, 0.2) is 0 Å². The molecular weight excluding hydrogens is 502 g/mol. The number of carbonyl (C=O) groups is 3. The maximum Gasteiger partial charge on any atom is 0.329 e. The molecule has 1 aliphatic rings. The molecule has 1 aromatic heterocycles. The van der Waals surface area contributed by atoms with Crippen molar-refractivity contribution >= 4 is 39.9 Å². The summed E-state index contributed by atoms with van der Waals surface area (Å²) in [6.07, 6.45) is 1.57. The van der Waals surface area contributed by atoms with Gasteiger partial charge in [0.25, 0.3) is 5.91 Å². The van der Waals surface area contributed by atoms with Gasteiger partial charge in [-0.15, -0.1) is 0 Å². The van der Waals surface area contributed by atoms with Gasteiger partial charge in [-0.25, -0.2) is 9.69 Å². The van der Waals surface area contributed by atoms with E-state index >= 15 is 0 Å². The average molecular weight is 524 g/mol. The second kappa shape index (κ2) is 9.56. The molecule has 2 N–H and O–H groups in total. The van der Waals surface area contributed by atoms with Gasteiger partial charge in [-0.2, -0.15) is 0 Å². The molecule has 1 aliphatic heterocycles. The predicted molar refractivity (Wildman–Crippen MR) is 130 cm³/mol. The molecule has 2 aromatic carbocycles. The van der Waals surface area contributed by atoms with Gasteiger partial charge < -0.3 is 19.7 Å². The Bertz CT molecular complexity index is 1290. The molecule has 0 spiro atoms. The number of carboxylic acids is 1. The monoisotopic (exact) mass is 523 g/mol. The third kappa shape index (κ3) is 4.89. The molecule has 0 bridgehead atoms. The Kier molecular flexibility index (Phi) is 6.56. The zero-order chi connectivity index (χ0) is 24.4. The molecule has 4 rings (SSSR count). The Morgan fingerprint density at radius 2 is 1.76 bits per heavy atom.